The lowest BCUT2D eigenvalue weighted by molar-refractivity contribution is -0.116. The zero-order valence-electron chi connectivity index (χ0n) is 8.69. The minimum atomic E-state index is -0.0583. The highest BCUT2D eigenvalue weighted by Crippen LogP contribution is 2.10. The van der Waals surface area contributed by atoms with Crippen LogP contribution in [0.5, 0.6) is 0 Å². The van der Waals surface area contributed by atoms with Gasteiger partial charge in [0, 0.05) is 18.5 Å². The number of amides is 1. The van der Waals surface area contributed by atoms with Crippen molar-refractivity contribution in [1.29, 1.82) is 0 Å². The molecular weight excluding hydrogens is 226 g/mol. The quantitative estimate of drug-likeness (QED) is 0.830. The lowest BCUT2D eigenvalue weighted by Crippen LogP contribution is -2.13. The first-order valence-electron chi connectivity index (χ1n) is 5.09. The van der Waals surface area contributed by atoms with Crippen molar-refractivity contribution in [2.45, 2.75) is 12.8 Å². The smallest absolute Gasteiger partial charge is 0.226 e. The maximum Gasteiger partial charge on any atom is 0.226 e. The molecule has 0 bridgehead atoms. The molecule has 5 heteroatoms. The molecule has 0 unspecified atom stereocenters. The maximum atomic E-state index is 11.5. The number of hydrogen-bond acceptors (Lipinski definition) is 2. The Morgan fingerprint density at radius 2 is 2.38 bits per heavy atom. The number of carbonyl (C=O) groups excluding carboxylic acids is 1. The van der Waals surface area contributed by atoms with E-state index in [1.54, 1.807) is 6.20 Å². The molecule has 0 aliphatic heterocycles. The second-order valence-corrected chi connectivity index (χ2v) is 3.80. The van der Waals surface area contributed by atoms with Crippen LogP contribution in [0.1, 0.15) is 12.8 Å². The fraction of sp³-hybridized carbons (Fsp3) is 0.273. The molecule has 2 aromatic heterocycles. The van der Waals surface area contributed by atoms with Crippen LogP contribution in [0.15, 0.2) is 30.6 Å². The number of aromatic nitrogens is 2. The number of alkyl halides is 1. The average molecular weight is 238 g/mol. The molecule has 1 N–H and O–H groups in total. The Morgan fingerprint density at radius 1 is 1.50 bits per heavy atom. The number of fused-ring (bicyclic) bond motifs is 1. The molecule has 2 aromatic rings. The van der Waals surface area contributed by atoms with Crippen LogP contribution in [0, 0.1) is 0 Å². The predicted octanol–water partition coefficient (Wildman–Crippen LogP) is 2.29. The summed E-state index contributed by atoms with van der Waals surface area (Å²) in [6, 6.07) is 5.75. The Morgan fingerprint density at radius 3 is 3.19 bits per heavy atom. The van der Waals surface area contributed by atoms with Crippen LogP contribution in [0.25, 0.3) is 5.52 Å². The Labute approximate surface area is 98.2 Å². The van der Waals surface area contributed by atoms with Gasteiger partial charge in [-0.25, -0.2) is 4.98 Å². The van der Waals surface area contributed by atoms with Crippen LogP contribution in [-0.2, 0) is 4.79 Å². The van der Waals surface area contributed by atoms with Crippen molar-refractivity contribution >= 4 is 29.0 Å². The first kappa shape index (κ1) is 11.0. The normalized spacial score (nSPS) is 10.6. The highest BCUT2D eigenvalue weighted by Gasteiger charge is 2.06. The molecule has 16 heavy (non-hydrogen) atoms. The molecular formula is C11H12ClN3O. The van der Waals surface area contributed by atoms with E-state index in [-0.39, 0.29) is 5.91 Å². The summed E-state index contributed by atoms with van der Waals surface area (Å²) < 4.78 is 1.83. The first-order chi connectivity index (χ1) is 7.81. The van der Waals surface area contributed by atoms with Crippen LogP contribution < -0.4 is 5.32 Å². The van der Waals surface area contributed by atoms with Crippen LogP contribution in [0.3, 0.4) is 0 Å². The van der Waals surface area contributed by atoms with Gasteiger partial charge >= 0.3 is 0 Å². The third-order valence-corrected chi connectivity index (χ3v) is 2.49. The number of halogens is 1. The van der Waals surface area contributed by atoms with Gasteiger partial charge in [-0.15, -0.1) is 11.6 Å². The molecule has 0 saturated carbocycles. The summed E-state index contributed by atoms with van der Waals surface area (Å²) in [5.74, 6) is 0.989. The number of nitrogens with one attached hydrogen (secondary N) is 1. The van der Waals surface area contributed by atoms with Gasteiger partial charge in [-0.1, -0.05) is 6.07 Å². The number of rotatable bonds is 4. The van der Waals surface area contributed by atoms with Gasteiger partial charge in [0.05, 0.1) is 11.7 Å². The second kappa shape index (κ2) is 4.99. The van der Waals surface area contributed by atoms with Crippen molar-refractivity contribution in [3.63, 3.8) is 0 Å². The van der Waals surface area contributed by atoms with Crippen LogP contribution in [0.2, 0.25) is 0 Å². The lowest BCUT2D eigenvalue weighted by Gasteiger charge is -2.02. The van der Waals surface area contributed by atoms with Gasteiger partial charge in [-0.2, -0.15) is 0 Å². The molecule has 2 heterocycles. The van der Waals surface area contributed by atoms with Crippen molar-refractivity contribution in [3.05, 3.63) is 30.6 Å². The molecule has 2 rings (SSSR count). The van der Waals surface area contributed by atoms with Gasteiger partial charge in [0.15, 0.2) is 0 Å². The van der Waals surface area contributed by atoms with Crippen LogP contribution >= 0.6 is 11.6 Å². The van der Waals surface area contributed by atoms with E-state index in [1.165, 1.54) is 0 Å². The number of carbonyl (C=O) groups is 1. The van der Waals surface area contributed by atoms with E-state index < -0.39 is 0 Å². The largest absolute Gasteiger partial charge is 0.296 e. The second-order valence-electron chi connectivity index (χ2n) is 3.42. The van der Waals surface area contributed by atoms with E-state index in [4.69, 9.17) is 11.6 Å². The van der Waals surface area contributed by atoms with E-state index >= 15 is 0 Å². The van der Waals surface area contributed by atoms with E-state index in [0.717, 1.165) is 5.52 Å². The number of hydrogen-bond donors (Lipinski definition) is 1. The van der Waals surface area contributed by atoms with Crippen LogP contribution in [-0.4, -0.2) is 21.2 Å². The van der Waals surface area contributed by atoms with Crippen molar-refractivity contribution in [2.24, 2.45) is 0 Å². The van der Waals surface area contributed by atoms with Gasteiger partial charge in [0.2, 0.25) is 11.9 Å². The number of imidazole rings is 1. The summed E-state index contributed by atoms with van der Waals surface area (Å²) in [5, 5.41) is 2.75. The molecule has 0 saturated heterocycles. The lowest BCUT2D eigenvalue weighted by atomic mass is 10.3. The van der Waals surface area contributed by atoms with Gasteiger partial charge in [0.1, 0.15) is 0 Å². The highest BCUT2D eigenvalue weighted by atomic mass is 35.5. The number of nitrogens with zero attached hydrogens (tertiary/aromatic N) is 2. The Hall–Kier alpha value is -1.55. The van der Waals surface area contributed by atoms with E-state index in [2.05, 4.69) is 10.3 Å². The van der Waals surface area contributed by atoms with Gasteiger partial charge in [0.25, 0.3) is 0 Å². The third-order valence-electron chi connectivity index (χ3n) is 2.23. The van der Waals surface area contributed by atoms with Crippen molar-refractivity contribution < 1.29 is 4.79 Å². The summed E-state index contributed by atoms with van der Waals surface area (Å²) in [7, 11) is 0. The monoisotopic (exact) mass is 237 g/mol. The third kappa shape index (κ3) is 2.33. The molecule has 0 atom stereocenters. The van der Waals surface area contributed by atoms with Crippen molar-refractivity contribution in [3.8, 4) is 0 Å². The summed E-state index contributed by atoms with van der Waals surface area (Å²) >= 11 is 5.52. The Kier molecular flexibility index (Phi) is 3.41. The Balaban J connectivity index is 2.12. The molecule has 0 radical (unpaired) electrons. The zero-order chi connectivity index (χ0) is 11.4. The van der Waals surface area contributed by atoms with Gasteiger partial charge in [-0.05, 0) is 18.6 Å². The summed E-state index contributed by atoms with van der Waals surface area (Å²) in [4.78, 5) is 15.6. The van der Waals surface area contributed by atoms with Gasteiger partial charge in [-0.3, -0.25) is 14.5 Å². The molecule has 0 aliphatic rings. The van der Waals surface area contributed by atoms with Crippen LogP contribution in [0.4, 0.5) is 5.95 Å². The topological polar surface area (TPSA) is 46.4 Å². The standard InChI is InChI=1S/C11H12ClN3O/c12-6-3-5-10(16)14-11-13-8-9-4-1-2-7-15(9)11/h1-2,4,7-8H,3,5-6H2,(H,13,14,16). The summed E-state index contributed by atoms with van der Waals surface area (Å²) in [6.45, 7) is 0. The Bertz CT molecular complexity index is 495. The molecule has 0 spiro atoms. The molecule has 0 aromatic carbocycles. The molecule has 1 amide bonds. The van der Waals surface area contributed by atoms with Crippen molar-refractivity contribution in [1.82, 2.24) is 9.38 Å². The van der Waals surface area contributed by atoms with Gasteiger partial charge < -0.3 is 0 Å². The minimum Gasteiger partial charge on any atom is -0.296 e. The van der Waals surface area contributed by atoms with E-state index in [9.17, 15) is 4.79 Å². The predicted molar refractivity (Wildman–Crippen MR) is 63.8 cm³/mol. The zero-order valence-corrected chi connectivity index (χ0v) is 9.44. The SMILES string of the molecule is O=C(CCCCl)Nc1ncc2ccccn12. The van der Waals surface area contributed by atoms with Crippen molar-refractivity contribution in [2.75, 3.05) is 11.2 Å². The fourth-order valence-corrected chi connectivity index (χ4v) is 1.58. The molecule has 4 nitrogen and oxygen atoms in total. The maximum absolute atomic E-state index is 11.5. The number of pyridine rings is 1. The summed E-state index contributed by atoms with van der Waals surface area (Å²) in [5.41, 5.74) is 0.954. The molecule has 0 fully saturated rings. The first-order valence-corrected chi connectivity index (χ1v) is 5.62. The highest BCUT2D eigenvalue weighted by molar-refractivity contribution is 6.18. The minimum absolute atomic E-state index is 0.0583. The molecule has 84 valence electrons. The molecule has 0 aliphatic carbocycles. The van der Waals surface area contributed by atoms with E-state index in [0.29, 0.717) is 24.7 Å². The average Bonchev–Trinajstić information content (AvgIpc) is 2.70. The van der Waals surface area contributed by atoms with E-state index in [1.807, 2.05) is 28.8 Å². The summed E-state index contributed by atoms with van der Waals surface area (Å²) in [6.07, 6.45) is 4.68. The fourth-order valence-electron chi connectivity index (χ4n) is 1.45. The number of anilines is 1.